The lowest BCUT2D eigenvalue weighted by Gasteiger charge is -2.34. The maximum atomic E-state index is 11.7. The summed E-state index contributed by atoms with van der Waals surface area (Å²) >= 11 is 0. The van der Waals surface area contributed by atoms with Crippen molar-refractivity contribution in [2.24, 2.45) is 0 Å². The zero-order valence-corrected chi connectivity index (χ0v) is 10.8. The molecule has 0 aromatic heterocycles. The summed E-state index contributed by atoms with van der Waals surface area (Å²) in [4.78, 5) is 23.0. The van der Waals surface area contributed by atoms with Crippen molar-refractivity contribution in [3.05, 3.63) is 0 Å². The lowest BCUT2D eigenvalue weighted by Crippen LogP contribution is -2.57. The van der Waals surface area contributed by atoms with Crippen LogP contribution in [0.15, 0.2) is 0 Å². The molecule has 18 heavy (non-hydrogen) atoms. The highest BCUT2D eigenvalue weighted by molar-refractivity contribution is 5.87. The number of amides is 1. The minimum Gasteiger partial charge on any atom is -0.480 e. The third-order valence-corrected chi connectivity index (χ3v) is 3.26. The van der Waals surface area contributed by atoms with Gasteiger partial charge in [0.05, 0.1) is 13.2 Å². The number of nitrogens with one attached hydrogen (secondary N) is 2. The third-order valence-electron chi connectivity index (χ3n) is 3.26. The summed E-state index contributed by atoms with van der Waals surface area (Å²) in [7, 11) is 1.59. The maximum Gasteiger partial charge on any atom is 0.329 e. The molecule has 1 rings (SSSR count). The van der Waals surface area contributed by atoms with E-state index < -0.39 is 11.5 Å². The van der Waals surface area contributed by atoms with E-state index in [0.29, 0.717) is 26.0 Å². The topological polar surface area (TPSA) is 87.7 Å². The number of hydrogen-bond donors (Lipinski definition) is 3. The van der Waals surface area contributed by atoms with Gasteiger partial charge in [0, 0.05) is 13.7 Å². The number of hydrogen-bond acceptors (Lipinski definition) is 4. The van der Waals surface area contributed by atoms with E-state index >= 15 is 0 Å². The Labute approximate surface area is 107 Å². The van der Waals surface area contributed by atoms with Crippen molar-refractivity contribution in [1.82, 2.24) is 10.6 Å². The molecule has 1 saturated carbocycles. The van der Waals surface area contributed by atoms with Crippen LogP contribution < -0.4 is 10.6 Å². The molecule has 1 aliphatic carbocycles. The van der Waals surface area contributed by atoms with E-state index in [4.69, 9.17) is 4.74 Å². The Hall–Kier alpha value is -1.14. The van der Waals surface area contributed by atoms with Gasteiger partial charge in [-0.3, -0.25) is 4.79 Å². The van der Waals surface area contributed by atoms with Gasteiger partial charge in [-0.15, -0.1) is 0 Å². The summed E-state index contributed by atoms with van der Waals surface area (Å²) in [5.74, 6) is -1.19. The quantitative estimate of drug-likeness (QED) is 0.565. The highest BCUT2D eigenvalue weighted by atomic mass is 16.5. The van der Waals surface area contributed by atoms with Gasteiger partial charge < -0.3 is 20.5 Å². The smallest absolute Gasteiger partial charge is 0.329 e. The zero-order chi connectivity index (χ0) is 13.4. The molecule has 0 unspecified atom stereocenters. The Balaban J connectivity index is 2.41. The molecule has 1 fully saturated rings. The molecule has 0 radical (unpaired) electrons. The average Bonchev–Trinajstić information content (AvgIpc) is 2.35. The van der Waals surface area contributed by atoms with Crippen LogP contribution in [0, 0.1) is 0 Å². The SMILES string of the molecule is COCCNCC(=O)NC1(C(=O)O)CCCCC1. The van der Waals surface area contributed by atoms with Crippen LogP contribution in [0.3, 0.4) is 0 Å². The van der Waals surface area contributed by atoms with Crippen molar-refractivity contribution in [1.29, 1.82) is 0 Å². The first-order valence-electron chi connectivity index (χ1n) is 6.35. The van der Waals surface area contributed by atoms with Crippen molar-refractivity contribution in [3.8, 4) is 0 Å². The Morgan fingerprint density at radius 2 is 1.94 bits per heavy atom. The van der Waals surface area contributed by atoms with E-state index in [9.17, 15) is 14.7 Å². The fourth-order valence-corrected chi connectivity index (χ4v) is 2.23. The predicted octanol–water partition coefficient (Wildman–Crippen LogP) is 0.126. The van der Waals surface area contributed by atoms with E-state index in [-0.39, 0.29) is 12.5 Å². The number of carbonyl (C=O) groups excluding carboxylic acids is 1. The lowest BCUT2D eigenvalue weighted by molar-refractivity contribution is -0.149. The van der Waals surface area contributed by atoms with E-state index in [1.165, 1.54) is 0 Å². The van der Waals surface area contributed by atoms with Crippen LogP contribution in [-0.4, -0.2) is 49.3 Å². The van der Waals surface area contributed by atoms with Gasteiger partial charge in [-0.2, -0.15) is 0 Å². The Morgan fingerprint density at radius 1 is 1.28 bits per heavy atom. The molecule has 0 spiro atoms. The second kappa shape index (κ2) is 7.33. The number of carbonyl (C=O) groups is 2. The first-order chi connectivity index (χ1) is 8.60. The number of aliphatic carboxylic acids is 1. The fourth-order valence-electron chi connectivity index (χ4n) is 2.23. The molecule has 0 aromatic carbocycles. The molecule has 1 aliphatic rings. The predicted molar refractivity (Wildman–Crippen MR) is 66.3 cm³/mol. The Morgan fingerprint density at radius 3 is 2.50 bits per heavy atom. The van der Waals surface area contributed by atoms with Crippen LogP contribution in [0.25, 0.3) is 0 Å². The summed E-state index contributed by atoms with van der Waals surface area (Å²) in [5.41, 5.74) is -1.06. The molecule has 6 nitrogen and oxygen atoms in total. The van der Waals surface area contributed by atoms with Crippen molar-refractivity contribution in [3.63, 3.8) is 0 Å². The van der Waals surface area contributed by atoms with Gasteiger partial charge in [0.2, 0.25) is 5.91 Å². The van der Waals surface area contributed by atoms with Gasteiger partial charge in [0.1, 0.15) is 5.54 Å². The third kappa shape index (κ3) is 4.27. The molecular weight excluding hydrogens is 236 g/mol. The van der Waals surface area contributed by atoms with Gasteiger partial charge in [-0.25, -0.2) is 4.79 Å². The summed E-state index contributed by atoms with van der Waals surface area (Å²) in [6.07, 6.45) is 3.78. The van der Waals surface area contributed by atoms with E-state index in [0.717, 1.165) is 19.3 Å². The van der Waals surface area contributed by atoms with Crippen molar-refractivity contribution < 1.29 is 19.4 Å². The number of rotatable bonds is 7. The molecule has 3 N–H and O–H groups in total. The minimum atomic E-state index is -1.06. The molecular formula is C12H22N2O4. The van der Waals surface area contributed by atoms with Crippen LogP contribution in [0.1, 0.15) is 32.1 Å². The van der Waals surface area contributed by atoms with Crippen LogP contribution in [0.2, 0.25) is 0 Å². The standard InChI is InChI=1S/C12H22N2O4/c1-18-8-7-13-9-10(15)14-12(11(16)17)5-3-2-4-6-12/h13H,2-9H2,1H3,(H,14,15)(H,16,17). The van der Waals surface area contributed by atoms with Crippen LogP contribution in [0.4, 0.5) is 0 Å². The number of carboxylic acid groups (broad SMARTS) is 1. The monoisotopic (exact) mass is 258 g/mol. The van der Waals surface area contributed by atoms with E-state index in [1.54, 1.807) is 7.11 Å². The van der Waals surface area contributed by atoms with Crippen LogP contribution in [-0.2, 0) is 14.3 Å². The molecule has 104 valence electrons. The highest BCUT2D eigenvalue weighted by Gasteiger charge is 2.40. The largest absolute Gasteiger partial charge is 0.480 e. The molecule has 0 atom stereocenters. The maximum absolute atomic E-state index is 11.7. The average molecular weight is 258 g/mol. The molecule has 0 bridgehead atoms. The van der Waals surface area contributed by atoms with Crippen molar-refractivity contribution >= 4 is 11.9 Å². The van der Waals surface area contributed by atoms with Gasteiger partial charge >= 0.3 is 5.97 Å². The normalized spacial score (nSPS) is 18.3. The van der Waals surface area contributed by atoms with Crippen LogP contribution >= 0.6 is 0 Å². The van der Waals surface area contributed by atoms with E-state index in [1.807, 2.05) is 0 Å². The number of carboxylic acids is 1. The molecule has 6 heteroatoms. The second-order valence-corrected chi connectivity index (χ2v) is 4.67. The highest BCUT2D eigenvalue weighted by Crippen LogP contribution is 2.28. The first-order valence-corrected chi connectivity index (χ1v) is 6.35. The van der Waals surface area contributed by atoms with Gasteiger partial charge in [0.25, 0.3) is 0 Å². The van der Waals surface area contributed by atoms with E-state index in [2.05, 4.69) is 10.6 Å². The Bertz CT molecular complexity index is 288. The number of ether oxygens (including phenoxy) is 1. The lowest BCUT2D eigenvalue weighted by atomic mass is 9.81. The van der Waals surface area contributed by atoms with Crippen molar-refractivity contribution in [2.45, 2.75) is 37.6 Å². The fraction of sp³-hybridized carbons (Fsp3) is 0.833. The summed E-state index contributed by atoms with van der Waals surface area (Å²) < 4.78 is 4.84. The molecule has 0 saturated heterocycles. The molecule has 1 amide bonds. The molecule has 0 aliphatic heterocycles. The molecule has 0 heterocycles. The summed E-state index contributed by atoms with van der Waals surface area (Å²) in [6, 6.07) is 0. The number of methoxy groups -OCH3 is 1. The van der Waals surface area contributed by atoms with Gasteiger partial charge in [-0.1, -0.05) is 19.3 Å². The summed E-state index contributed by atoms with van der Waals surface area (Å²) in [6.45, 7) is 1.22. The van der Waals surface area contributed by atoms with Gasteiger partial charge in [0.15, 0.2) is 0 Å². The van der Waals surface area contributed by atoms with Crippen LogP contribution in [0.5, 0.6) is 0 Å². The minimum absolute atomic E-state index is 0.123. The summed E-state index contributed by atoms with van der Waals surface area (Å²) in [5, 5.41) is 14.9. The van der Waals surface area contributed by atoms with Crippen molar-refractivity contribution in [2.75, 3.05) is 26.8 Å². The van der Waals surface area contributed by atoms with Gasteiger partial charge in [-0.05, 0) is 12.8 Å². The first kappa shape index (κ1) is 14.9. The Kier molecular flexibility index (Phi) is 6.07. The second-order valence-electron chi connectivity index (χ2n) is 4.67. The molecule has 0 aromatic rings. The zero-order valence-electron chi connectivity index (χ0n) is 10.8.